The summed E-state index contributed by atoms with van der Waals surface area (Å²) in [6.45, 7) is 4.88. The van der Waals surface area contributed by atoms with Gasteiger partial charge in [0.05, 0.1) is 11.8 Å². The Kier molecular flexibility index (Phi) is 3.59. The molecule has 0 saturated heterocycles. The molecule has 2 aromatic rings. The number of aryl methyl sites for hydroxylation is 2. The third-order valence-corrected chi connectivity index (χ3v) is 2.87. The molecule has 1 heterocycles. The van der Waals surface area contributed by atoms with Gasteiger partial charge >= 0.3 is 0 Å². The Labute approximate surface area is 102 Å². The number of benzene rings is 1. The minimum Gasteiger partial charge on any atom is -0.388 e. The molecule has 0 spiro atoms. The summed E-state index contributed by atoms with van der Waals surface area (Å²) in [6, 6.07) is 11.8. The predicted molar refractivity (Wildman–Crippen MR) is 67.7 cm³/mol. The zero-order valence-corrected chi connectivity index (χ0v) is 10.3. The van der Waals surface area contributed by atoms with Crippen LogP contribution in [0.25, 0.3) is 0 Å². The van der Waals surface area contributed by atoms with Crippen LogP contribution in [0.5, 0.6) is 0 Å². The molecule has 3 nitrogen and oxygen atoms in total. The van der Waals surface area contributed by atoms with E-state index in [0.717, 1.165) is 23.5 Å². The van der Waals surface area contributed by atoms with Gasteiger partial charge in [-0.1, -0.05) is 30.3 Å². The summed E-state index contributed by atoms with van der Waals surface area (Å²) in [4.78, 5) is 0. The molecule has 2 rings (SSSR count). The minimum absolute atomic E-state index is 0.461. The van der Waals surface area contributed by atoms with Gasteiger partial charge in [-0.15, -0.1) is 0 Å². The minimum atomic E-state index is -0.461. The molecule has 0 aliphatic carbocycles. The second-order valence-corrected chi connectivity index (χ2v) is 4.22. The highest BCUT2D eigenvalue weighted by Gasteiger charge is 2.12. The Morgan fingerprint density at radius 3 is 2.65 bits per heavy atom. The van der Waals surface area contributed by atoms with Crippen LogP contribution in [0.3, 0.4) is 0 Å². The van der Waals surface area contributed by atoms with Crippen LogP contribution >= 0.6 is 0 Å². The van der Waals surface area contributed by atoms with Gasteiger partial charge < -0.3 is 5.11 Å². The molecule has 0 aliphatic heterocycles. The van der Waals surface area contributed by atoms with Crippen LogP contribution < -0.4 is 0 Å². The number of rotatable bonds is 4. The van der Waals surface area contributed by atoms with Gasteiger partial charge in [0.15, 0.2) is 0 Å². The molecule has 0 aliphatic rings. The van der Waals surface area contributed by atoms with Crippen molar-refractivity contribution in [3.05, 3.63) is 53.3 Å². The summed E-state index contributed by atoms with van der Waals surface area (Å²) in [7, 11) is 0. The fraction of sp³-hybridized carbons (Fsp3) is 0.357. The number of nitrogens with zero attached hydrogens (tertiary/aromatic N) is 2. The molecular weight excluding hydrogens is 212 g/mol. The van der Waals surface area contributed by atoms with Crippen LogP contribution in [0.2, 0.25) is 0 Å². The largest absolute Gasteiger partial charge is 0.388 e. The maximum absolute atomic E-state index is 10.2. The third-order valence-electron chi connectivity index (χ3n) is 2.87. The van der Waals surface area contributed by atoms with Crippen molar-refractivity contribution in [2.24, 2.45) is 0 Å². The van der Waals surface area contributed by atoms with E-state index in [0.29, 0.717) is 6.42 Å². The molecule has 1 aromatic carbocycles. The van der Waals surface area contributed by atoms with Crippen molar-refractivity contribution in [1.29, 1.82) is 0 Å². The maximum Gasteiger partial charge on any atom is 0.0845 e. The van der Waals surface area contributed by atoms with Gasteiger partial charge in [0.25, 0.3) is 0 Å². The number of aliphatic hydroxyl groups excluding tert-OH is 1. The first-order chi connectivity index (χ1) is 8.20. The van der Waals surface area contributed by atoms with Crippen LogP contribution in [-0.2, 0) is 13.0 Å². The summed E-state index contributed by atoms with van der Waals surface area (Å²) in [5.41, 5.74) is 3.04. The van der Waals surface area contributed by atoms with Crippen molar-refractivity contribution in [3.8, 4) is 0 Å². The zero-order chi connectivity index (χ0) is 12.3. The van der Waals surface area contributed by atoms with Crippen LogP contribution in [0.1, 0.15) is 30.0 Å². The topological polar surface area (TPSA) is 38.0 Å². The lowest BCUT2D eigenvalue weighted by Gasteiger charge is -2.11. The highest BCUT2D eigenvalue weighted by atomic mass is 16.3. The second kappa shape index (κ2) is 5.15. The highest BCUT2D eigenvalue weighted by Crippen LogP contribution is 2.18. The van der Waals surface area contributed by atoms with Gasteiger partial charge in [-0.2, -0.15) is 5.10 Å². The van der Waals surface area contributed by atoms with E-state index in [2.05, 4.69) is 12.0 Å². The molecule has 1 aromatic heterocycles. The Balaban J connectivity index is 2.15. The third kappa shape index (κ3) is 2.74. The van der Waals surface area contributed by atoms with E-state index in [9.17, 15) is 5.11 Å². The van der Waals surface area contributed by atoms with E-state index in [4.69, 9.17) is 0 Å². The first-order valence-corrected chi connectivity index (χ1v) is 5.97. The molecule has 1 N–H and O–H groups in total. The van der Waals surface area contributed by atoms with Crippen molar-refractivity contribution in [3.63, 3.8) is 0 Å². The molecule has 0 fully saturated rings. The lowest BCUT2D eigenvalue weighted by molar-refractivity contribution is 0.175. The van der Waals surface area contributed by atoms with E-state index in [-0.39, 0.29) is 0 Å². The Hall–Kier alpha value is -1.61. The number of hydrogen-bond acceptors (Lipinski definition) is 2. The van der Waals surface area contributed by atoms with E-state index in [1.54, 1.807) is 0 Å². The lowest BCUT2D eigenvalue weighted by atomic mass is 10.0. The Bertz CT molecular complexity index is 476. The first-order valence-electron chi connectivity index (χ1n) is 5.97. The fourth-order valence-corrected chi connectivity index (χ4v) is 2.03. The van der Waals surface area contributed by atoms with Gasteiger partial charge in [-0.05, 0) is 25.5 Å². The molecule has 1 unspecified atom stereocenters. The Morgan fingerprint density at radius 1 is 1.29 bits per heavy atom. The summed E-state index contributed by atoms with van der Waals surface area (Å²) in [5, 5.41) is 14.5. The van der Waals surface area contributed by atoms with Crippen LogP contribution in [-0.4, -0.2) is 14.9 Å². The Morgan fingerprint density at radius 2 is 2.00 bits per heavy atom. The number of aromatic nitrogens is 2. The predicted octanol–water partition coefficient (Wildman–Crippen LogP) is 2.49. The van der Waals surface area contributed by atoms with Crippen molar-refractivity contribution in [1.82, 2.24) is 9.78 Å². The van der Waals surface area contributed by atoms with Crippen molar-refractivity contribution in [2.45, 2.75) is 32.9 Å². The van der Waals surface area contributed by atoms with Gasteiger partial charge in [-0.25, -0.2) is 0 Å². The van der Waals surface area contributed by atoms with Crippen LogP contribution in [0.15, 0.2) is 36.4 Å². The average Bonchev–Trinajstić information content (AvgIpc) is 2.70. The van der Waals surface area contributed by atoms with Gasteiger partial charge in [0.1, 0.15) is 0 Å². The monoisotopic (exact) mass is 230 g/mol. The molecule has 17 heavy (non-hydrogen) atoms. The molecule has 0 radical (unpaired) electrons. The summed E-state index contributed by atoms with van der Waals surface area (Å²) in [6.07, 6.45) is 0.149. The first kappa shape index (κ1) is 11.9. The lowest BCUT2D eigenvalue weighted by Crippen LogP contribution is -2.08. The maximum atomic E-state index is 10.2. The zero-order valence-electron chi connectivity index (χ0n) is 10.3. The molecule has 90 valence electrons. The molecule has 3 heteroatoms. The standard InChI is InChI=1S/C14H18N2O/c1-3-16-13(9-11(2)15-16)10-14(17)12-7-5-4-6-8-12/h4-9,14,17H,3,10H2,1-2H3. The average molecular weight is 230 g/mol. The molecule has 0 saturated carbocycles. The molecule has 0 amide bonds. The smallest absolute Gasteiger partial charge is 0.0845 e. The van der Waals surface area contributed by atoms with Crippen LogP contribution in [0, 0.1) is 6.92 Å². The van der Waals surface area contributed by atoms with Crippen molar-refractivity contribution >= 4 is 0 Å². The number of aliphatic hydroxyl groups is 1. The van der Waals surface area contributed by atoms with Gasteiger partial charge in [0.2, 0.25) is 0 Å². The SMILES string of the molecule is CCn1nc(C)cc1CC(O)c1ccccc1. The summed E-state index contributed by atoms with van der Waals surface area (Å²) < 4.78 is 1.95. The molecule has 0 bridgehead atoms. The molecule has 1 atom stereocenters. The van der Waals surface area contributed by atoms with Gasteiger partial charge in [0, 0.05) is 18.7 Å². The van der Waals surface area contributed by atoms with E-state index in [1.807, 2.05) is 48.0 Å². The van der Waals surface area contributed by atoms with Crippen molar-refractivity contribution < 1.29 is 5.11 Å². The second-order valence-electron chi connectivity index (χ2n) is 4.22. The van der Waals surface area contributed by atoms with Crippen molar-refractivity contribution in [2.75, 3.05) is 0 Å². The normalized spacial score (nSPS) is 12.6. The highest BCUT2D eigenvalue weighted by molar-refractivity contribution is 5.20. The molecular formula is C14H18N2O. The van der Waals surface area contributed by atoms with Gasteiger partial charge in [-0.3, -0.25) is 4.68 Å². The summed E-state index contributed by atoms with van der Waals surface area (Å²) >= 11 is 0. The van der Waals surface area contributed by atoms with E-state index >= 15 is 0 Å². The van der Waals surface area contributed by atoms with E-state index < -0.39 is 6.10 Å². The quantitative estimate of drug-likeness (QED) is 0.876. The summed E-state index contributed by atoms with van der Waals surface area (Å²) in [5.74, 6) is 0. The fourth-order valence-electron chi connectivity index (χ4n) is 2.03. The number of hydrogen-bond donors (Lipinski definition) is 1. The van der Waals surface area contributed by atoms with E-state index in [1.165, 1.54) is 0 Å². The van der Waals surface area contributed by atoms with Crippen LogP contribution in [0.4, 0.5) is 0 Å².